The van der Waals surface area contributed by atoms with E-state index in [1.807, 2.05) is 25.1 Å². The number of esters is 1. The molecular formula is C26H32N2O5S. The Morgan fingerprint density at radius 2 is 2.15 bits per heavy atom. The van der Waals surface area contributed by atoms with Crippen LogP contribution < -0.4 is 5.32 Å². The summed E-state index contributed by atoms with van der Waals surface area (Å²) in [4.78, 5) is 27.9. The summed E-state index contributed by atoms with van der Waals surface area (Å²) in [6.45, 7) is 7.21. The highest BCUT2D eigenvalue weighted by Crippen LogP contribution is 2.53. The van der Waals surface area contributed by atoms with Gasteiger partial charge in [-0.15, -0.1) is 12.6 Å². The number of rotatable bonds is 7. The minimum atomic E-state index is -0.781. The third-order valence-corrected chi connectivity index (χ3v) is 7.87. The number of anilines is 1. The monoisotopic (exact) mass is 484 g/mol. The molecule has 2 fully saturated rings. The smallest absolute Gasteiger partial charge is 0.354 e. The number of aliphatic hydroxyl groups excluding tert-OH is 2. The molecule has 0 spiro atoms. The van der Waals surface area contributed by atoms with Crippen LogP contribution in [0.15, 0.2) is 47.7 Å². The maximum absolute atomic E-state index is 12.9. The van der Waals surface area contributed by atoms with Crippen molar-refractivity contribution < 1.29 is 24.5 Å². The van der Waals surface area contributed by atoms with Crippen molar-refractivity contribution in [3.8, 4) is 0 Å². The largest absolute Gasteiger partial charge is 0.464 e. The minimum absolute atomic E-state index is 0.0156. The average molecular weight is 485 g/mol. The Balaban J connectivity index is 1.78. The Bertz CT molecular complexity index is 1090. The fraction of sp³-hybridized carbons (Fsp3) is 0.462. The Morgan fingerprint density at radius 3 is 2.76 bits per heavy atom. The number of amides is 1. The van der Waals surface area contributed by atoms with Crippen LogP contribution in [0.25, 0.3) is 4.91 Å². The number of methoxy groups -OCH3 is 1. The number of hydrogen-bond acceptors (Lipinski definition) is 7. The van der Waals surface area contributed by atoms with Crippen molar-refractivity contribution in [2.75, 3.05) is 19.0 Å². The van der Waals surface area contributed by atoms with Gasteiger partial charge in [0.1, 0.15) is 5.70 Å². The SMILES string of the molecule is C=C/C(CO)=C(/S)c1c(C)cccc1NC1CCCC2C1=C(C(=O)OC)N1C(=O)C(C(C)O)C21. The van der Waals surface area contributed by atoms with E-state index in [0.717, 1.165) is 41.6 Å². The van der Waals surface area contributed by atoms with Crippen LogP contribution in [0.2, 0.25) is 0 Å². The normalized spacial score (nSPS) is 27.4. The van der Waals surface area contributed by atoms with Crippen molar-refractivity contribution >= 4 is 35.1 Å². The van der Waals surface area contributed by atoms with Gasteiger partial charge in [0, 0.05) is 22.1 Å². The molecule has 5 atom stereocenters. The summed E-state index contributed by atoms with van der Waals surface area (Å²) in [6, 6.07) is 5.46. The van der Waals surface area contributed by atoms with E-state index in [2.05, 4.69) is 11.9 Å². The Labute approximate surface area is 205 Å². The van der Waals surface area contributed by atoms with E-state index in [-0.39, 0.29) is 30.5 Å². The summed E-state index contributed by atoms with van der Waals surface area (Å²) < 4.78 is 5.08. The Morgan fingerprint density at radius 1 is 1.41 bits per heavy atom. The van der Waals surface area contributed by atoms with E-state index < -0.39 is 18.0 Å². The van der Waals surface area contributed by atoms with Gasteiger partial charge in [-0.05, 0) is 49.5 Å². The van der Waals surface area contributed by atoms with Gasteiger partial charge in [0.25, 0.3) is 0 Å². The van der Waals surface area contributed by atoms with Crippen LogP contribution in [0, 0.1) is 18.8 Å². The van der Waals surface area contributed by atoms with E-state index in [4.69, 9.17) is 17.4 Å². The lowest BCUT2D eigenvalue weighted by molar-refractivity contribution is -0.164. The van der Waals surface area contributed by atoms with E-state index in [9.17, 15) is 19.8 Å². The highest BCUT2D eigenvalue weighted by molar-refractivity contribution is 7.90. The van der Waals surface area contributed by atoms with Gasteiger partial charge in [0.2, 0.25) is 5.91 Å². The van der Waals surface area contributed by atoms with Gasteiger partial charge in [0.15, 0.2) is 0 Å². The molecule has 7 nitrogen and oxygen atoms in total. The first-order chi connectivity index (χ1) is 16.3. The summed E-state index contributed by atoms with van der Waals surface area (Å²) in [5.74, 6) is -1.28. The molecule has 0 radical (unpaired) electrons. The van der Waals surface area contributed by atoms with Crippen LogP contribution in [-0.2, 0) is 14.3 Å². The number of fused-ring (bicyclic) bond motifs is 3. The van der Waals surface area contributed by atoms with E-state index >= 15 is 0 Å². The molecule has 0 aromatic heterocycles. The Hall–Kier alpha value is -2.55. The lowest BCUT2D eigenvalue weighted by atomic mass is 9.71. The van der Waals surface area contributed by atoms with Gasteiger partial charge in [0.05, 0.1) is 37.8 Å². The molecule has 3 N–H and O–H groups in total. The molecule has 3 aliphatic rings. The van der Waals surface area contributed by atoms with Crippen molar-refractivity contribution in [2.24, 2.45) is 11.8 Å². The highest BCUT2D eigenvalue weighted by atomic mass is 32.1. The summed E-state index contributed by atoms with van der Waals surface area (Å²) in [7, 11) is 1.32. The van der Waals surface area contributed by atoms with Gasteiger partial charge in [-0.3, -0.25) is 4.79 Å². The third kappa shape index (κ3) is 3.78. The molecule has 182 valence electrons. The van der Waals surface area contributed by atoms with Crippen LogP contribution >= 0.6 is 12.6 Å². The zero-order valence-electron chi connectivity index (χ0n) is 19.7. The van der Waals surface area contributed by atoms with Crippen LogP contribution in [0.4, 0.5) is 5.69 Å². The molecule has 34 heavy (non-hydrogen) atoms. The van der Waals surface area contributed by atoms with Crippen molar-refractivity contribution in [1.82, 2.24) is 4.90 Å². The predicted octanol–water partition coefficient (Wildman–Crippen LogP) is 3.04. The second kappa shape index (κ2) is 9.60. The quantitative estimate of drug-likeness (QED) is 0.206. The van der Waals surface area contributed by atoms with E-state index in [1.54, 1.807) is 17.9 Å². The number of nitrogens with zero attached hydrogens (tertiary/aromatic N) is 1. The zero-order chi connectivity index (χ0) is 24.7. The van der Waals surface area contributed by atoms with E-state index in [0.29, 0.717) is 16.2 Å². The first kappa shape index (κ1) is 24.6. The number of benzene rings is 1. The van der Waals surface area contributed by atoms with Crippen LogP contribution in [0.1, 0.15) is 37.3 Å². The number of ether oxygens (including phenoxy) is 1. The molecule has 1 saturated heterocycles. The molecule has 1 aliphatic carbocycles. The lowest BCUT2D eigenvalue weighted by Gasteiger charge is -2.47. The van der Waals surface area contributed by atoms with Gasteiger partial charge in [-0.1, -0.05) is 31.2 Å². The van der Waals surface area contributed by atoms with Gasteiger partial charge >= 0.3 is 5.97 Å². The summed E-state index contributed by atoms with van der Waals surface area (Å²) in [5.41, 5.74) is 4.48. The number of carbonyl (C=O) groups excluding carboxylic acids is 2. The van der Waals surface area contributed by atoms with Gasteiger partial charge in [-0.2, -0.15) is 0 Å². The number of hydrogen-bond donors (Lipinski definition) is 4. The second-order valence-electron chi connectivity index (χ2n) is 9.23. The molecule has 8 heteroatoms. The number of aryl methyl sites for hydroxylation is 1. The van der Waals surface area contributed by atoms with Crippen molar-refractivity contribution in [2.45, 2.75) is 51.3 Å². The molecule has 5 unspecified atom stereocenters. The molecule has 1 saturated carbocycles. The van der Waals surface area contributed by atoms with E-state index in [1.165, 1.54) is 7.11 Å². The van der Waals surface area contributed by atoms with Crippen LogP contribution in [-0.4, -0.2) is 58.9 Å². The van der Waals surface area contributed by atoms with Crippen molar-refractivity contribution in [3.63, 3.8) is 0 Å². The number of nitrogens with one attached hydrogen (secondary N) is 1. The summed E-state index contributed by atoms with van der Waals surface area (Å²) in [5, 5.41) is 23.6. The summed E-state index contributed by atoms with van der Waals surface area (Å²) in [6.07, 6.45) is 3.36. The molecular weight excluding hydrogens is 452 g/mol. The van der Waals surface area contributed by atoms with Crippen molar-refractivity contribution in [3.05, 3.63) is 58.8 Å². The van der Waals surface area contributed by atoms with Crippen molar-refractivity contribution in [1.29, 1.82) is 0 Å². The summed E-state index contributed by atoms with van der Waals surface area (Å²) >= 11 is 4.70. The lowest BCUT2D eigenvalue weighted by Crippen LogP contribution is -2.64. The van der Waals surface area contributed by atoms with Gasteiger partial charge < -0.3 is 25.2 Å². The molecule has 0 bridgehead atoms. The molecule has 4 rings (SSSR count). The number of β-lactam (4-membered cyclic amide) rings is 1. The maximum Gasteiger partial charge on any atom is 0.354 e. The Kier molecular flexibility index (Phi) is 6.94. The fourth-order valence-corrected chi connectivity index (χ4v) is 6.27. The zero-order valence-corrected chi connectivity index (χ0v) is 20.6. The molecule has 2 aliphatic heterocycles. The molecule has 1 amide bonds. The first-order valence-corrected chi connectivity index (χ1v) is 12.1. The maximum atomic E-state index is 12.9. The first-order valence-electron chi connectivity index (χ1n) is 11.6. The van der Waals surface area contributed by atoms with Gasteiger partial charge in [-0.25, -0.2) is 4.79 Å². The highest BCUT2D eigenvalue weighted by Gasteiger charge is 2.62. The molecule has 1 aromatic carbocycles. The second-order valence-corrected chi connectivity index (χ2v) is 9.68. The van der Waals surface area contributed by atoms with Crippen LogP contribution in [0.5, 0.6) is 0 Å². The third-order valence-electron chi connectivity index (χ3n) is 7.36. The predicted molar refractivity (Wildman–Crippen MR) is 134 cm³/mol. The fourth-order valence-electron chi connectivity index (χ4n) is 5.81. The standard InChI is InChI=1S/C26H32N2O5S/c1-5-15(12-29)24(34)19-13(2)8-6-10-17(19)27-18-11-7-9-16-21(18)23(26(32)33-4)28-22(16)20(14(3)30)25(28)31/h5-6,8,10,14,16,18,20,22,27,29-30,34H,1,7,9,11-12H2,2-4H3/b24-15-. The number of aliphatic hydroxyl groups is 2. The molecule has 1 aromatic rings. The van der Waals surface area contributed by atoms with Crippen LogP contribution in [0.3, 0.4) is 0 Å². The average Bonchev–Trinajstić information content (AvgIpc) is 3.10. The minimum Gasteiger partial charge on any atom is -0.464 e. The number of carbonyl (C=O) groups is 2. The topological polar surface area (TPSA) is 99.1 Å². The number of thiol groups is 1. The molecule has 2 heterocycles.